The molecule has 1 saturated carbocycles. The van der Waals surface area contributed by atoms with Gasteiger partial charge in [0.15, 0.2) is 0 Å². The summed E-state index contributed by atoms with van der Waals surface area (Å²) in [5, 5.41) is 9.00. The number of rotatable bonds is 3. The summed E-state index contributed by atoms with van der Waals surface area (Å²) >= 11 is 0. The maximum Gasteiger partial charge on any atom is 0.331 e. The largest absolute Gasteiger partial charge is 0.497 e. The van der Waals surface area contributed by atoms with Crippen molar-refractivity contribution >= 4 is 5.97 Å². The van der Waals surface area contributed by atoms with Crippen LogP contribution in [0.25, 0.3) is 0 Å². The number of aliphatic carboxylic acids is 1. The molecule has 1 N–H and O–H groups in total. The van der Waals surface area contributed by atoms with Crippen LogP contribution in [0, 0.1) is 0 Å². The number of carboxylic acid groups (broad SMARTS) is 1. The molecule has 0 aliphatic heterocycles. The van der Waals surface area contributed by atoms with Gasteiger partial charge in [0.2, 0.25) is 0 Å². The van der Waals surface area contributed by atoms with Crippen LogP contribution in [0.5, 0.6) is 5.75 Å². The first-order valence-corrected chi connectivity index (χ1v) is 6.67. The molecule has 2 rings (SSSR count). The van der Waals surface area contributed by atoms with Gasteiger partial charge in [-0.2, -0.15) is 0 Å². The summed E-state index contributed by atoms with van der Waals surface area (Å²) in [6, 6.07) is 8.21. The van der Waals surface area contributed by atoms with E-state index in [0.717, 1.165) is 37.0 Å². The van der Waals surface area contributed by atoms with E-state index in [0.29, 0.717) is 11.5 Å². The van der Waals surface area contributed by atoms with Crippen LogP contribution < -0.4 is 4.74 Å². The summed E-state index contributed by atoms with van der Waals surface area (Å²) in [6.45, 7) is 1.71. The van der Waals surface area contributed by atoms with E-state index < -0.39 is 5.97 Å². The Hall–Kier alpha value is -1.77. The maximum atomic E-state index is 10.9. The van der Waals surface area contributed by atoms with Crippen LogP contribution >= 0.6 is 0 Å². The molecule has 1 fully saturated rings. The maximum absolute atomic E-state index is 10.9. The zero-order chi connectivity index (χ0) is 13.8. The van der Waals surface area contributed by atoms with Gasteiger partial charge in [0.25, 0.3) is 0 Å². The van der Waals surface area contributed by atoms with Crippen molar-refractivity contribution < 1.29 is 14.6 Å². The van der Waals surface area contributed by atoms with Gasteiger partial charge in [0.1, 0.15) is 5.75 Å². The van der Waals surface area contributed by atoms with E-state index in [2.05, 4.69) is 12.1 Å². The van der Waals surface area contributed by atoms with Gasteiger partial charge in [0.05, 0.1) is 7.11 Å². The minimum atomic E-state index is -0.780. The van der Waals surface area contributed by atoms with Crippen LogP contribution in [-0.2, 0) is 4.79 Å². The molecule has 0 radical (unpaired) electrons. The van der Waals surface area contributed by atoms with Crippen LogP contribution in [0.15, 0.2) is 35.4 Å². The van der Waals surface area contributed by atoms with Gasteiger partial charge in [-0.3, -0.25) is 0 Å². The van der Waals surface area contributed by atoms with E-state index in [-0.39, 0.29) is 0 Å². The third kappa shape index (κ3) is 3.16. The van der Waals surface area contributed by atoms with Crippen molar-refractivity contribution in [2.24, 2.45) is 0 Å². The number of ether oxygens (including phenoxy) is 1. The molecule has 0 saturated heterocycles. The van der Waals surface area contributed by atoms with Crippen molar-refractivity contribution in [3.05, 3.63) is 41.0 Å². The molecule has 19 heavy (non-hydrogen) atoms. The first-order chi connectivity index (χ1) is 9.11. The summed E-state index contributed by atoms with van der Waals surface area (Å²) in [4.78, 5) is 10.9. The van der Waals surface area contributed by atoms with Gasteiger partial charge in [-0.25, -0.2) is 4.79 Å². The normalized spacial score (nSPS) is 19.1. The lowest BCUT2D eigenvalue weighted by Crippen LogP contribution is -2.10. The molecule has 1 aliphatic carbocycles. The Labute approximate surface area is 113 Å². The molecule has 0 aromatic heterocycles. The molecule has 1 aliphatic rings. The van der Waals surface area contributed by atoms with Crippen LogP contribution in [0.1, 0.15) is 44.1 Å². The number of benzene rings is 1. The molecular weight excluding hydrogens is 240 g/mol. The fourth-order valence-corrected chi connectivity index (χ4v) is 2.70. The van der Waals surface area contributed by atoms with Gasteiger partial charge in [-0.1, -0.05) is 17.7 Å². The van der Waals surface area contributed by atoms with Crippen LogP contribution in [0.4, 0.5) is 0 Å². The Balaban J connectivity index is 2.03. The molecule has 1 aromatic carbocycles. The lowest BCUT2D eigenvalue weighted by molar-refractivity contribution is -0.132. The monoisotopic (exact) mass is 260 g/mol. The molecule has 0 spiro atoms. The standard InChI is InChI=1S/C16H20O3/c1-11(16(17)18)12-3-5-13(6-4-12)14-7-9-15(19-2)10-8-14/h7-10,13H,3-6H2,1-2H3,(H,17,18). The average molecular weight is 260 g/mol. The Morgan fingerprint density at radius 3 is 2.26 bits per heavy atom. The third-order valence-corrected chi connectivity index (χ3v) is 4.03. The number of methoxy groups -OCH3 is 1. The lowest BCUT2D eigenvalue weighted by Gasteiger charge is -2.25. The zero-order valence-corrected chi connectivity index (χ0v) is 11.5. The van der Waals surface area contributed by atoms with Crippen molar-refractivity contribution in [2.75, 3.05) is 7.11 Å². The summed E-state index contributed by atoms with van der Waals surface area (Å²) in [6.07, 6.45) is 3.86. The third-order valence-electron chi connectivity index (χ3n) is 4.03. The molecule has 0 amide bonds. The number of carboxylic acids is 1. The topological polar surface area (TPSA) is 46.5 Å². The molecule has 3 nitrogen and oxygen atoms in total. The van der Waals surface area contributed by atoms with Crippen LogP contribution in [0.2, 0.25) is 0 Å². The molecule has 3 heteroatoms. The SMILES string of the molecule is COc1ccc(C2CCC(=C(C)C(=O)O)CC2)cc1. The van der Waals surface area contributed by atoms with Crippen molar-refractivity contribution in [2.45, 2.75) is 38.5 Å². The van der Waals surface area contributed by atoms with E-state index in [4.69, 9.17) is 9.84 Å². The number of hydrogen-bond acceptors (Lipinski definition) is 2. The van der Waals surface area contributed by atoms with Gasteiger partial charge < -0.3 is 9.84 Å². The number of allylic oxidation sites excluding steroid dienone is 1. The molecular formula is C16H20O3. The van der Waals surface area contributed by atoms with E-state index in [1.54, 1.807) is 14.0 Å². The molecule has 102 valence electrons. The fraction of sp³-hybridized carbons (Fsp3) is 0.438. The van der Waals surface area contributed by atoms with E-state index >= 15 is 0 Å². The molecule has 0 bridgehead atoms. The first kappa shape index (κ1) is 13.7. The minimum absolute atomic E-state index is 0.535. The summed E-state index contributed by atoms with van der Waals surface area (Å²) in [5.41, 5.74) is 2.97. The second-order valence-electron chi connectivity index (χ2n) is 5.08. The number of carbonyl (C=O) groups is 1. The Kier molecular flexibility index (Phi) is 4.25. The van der Waals surface area contributed by atoms with Crippen LogP contribution in [-0.4, -0.2) is 18.2 Å². The molecule has 0 atom stereocenters. The Morgan fingerprint density at radius 2 is 1.79 bits per heavy atom. The first-order valence-electron chi connectivity index (χ1n) is 6.67. The van der Waals surface area contributed by atoms with E-state index in [9.17, 15) is 4.79 Å². The second-order valence-corrected chi connectivity index (χ2v) is 5.08. The predicted octanol–water partition coefficient (Wildman–Crippen LogP) is 3.75. The Morgan fingerprint density at radius 1 is 1.21 bits per heavy atom. The smallest absolute Gasteiger partial charge is 0.331 e. The van der Waals surface area contributed by atoms with Gasteiger partial charge in [-0.05, 0) is 56.2 Å². The predicted molar refractivity (Wildman–Crippen MR) is 74.5 cm³/mol. The molecule has 0 heterocycles. The van der Waals surface area contributed by atoms with Crippen molar-refractivity contribution in [1.82, 2.24) is 0 Å². The summed E-state index contributed by atoms with van der Waals surface area (Å²) in [7, 11) is 1.67. The van der Waals surface area contributed by atoms with Gasteiger partial charge >= 0.3 is 5.97 Å². The zero-order valence-electron chi connectivity index (χ0n) is 11.5. The average Bonchev–Trinajstić information content (AvgIpc) is 2.46. The summed E-state index contributed by atoms with van der Waals surface area (Å²) in [5.74, 6) is 0.635. The quantitative estimate of drug-likeness (QED) is 0.842. The fourth-order valence-electron chi connectivity index (χ4n) is 2.70. The van der Waals surface area contributed by atoms with Crippen molar-refractivity contribution in [3.8, 4) is 5.75 Å². The highest BCUT2D eigenvalue weighted by molar-refractivity contribution is 5.86. The van der Waals surface area contributed by atoms with Gasteiger partial charge in [-0.15, -0.1) is 0 Å². The van der Waals surface area contributed by atoms with Gasteiger partial charge in [0, 0.05) is 5.57 Å². The lowest BCUT2D eigenvalue weighted by atomic mass is 9.80. The Bertz CT molecular complexity index is 475. The van der Waals surface area contributed by atoms with Crippen molar-refractivity contribution in [3.63, 3.8) is 0 Å². The minimum Gasteiger partial charge on any atom is -0.497 e. The number of hydrogen-bond donors (Lipinski definition) is 1. The highest BCUT2D eigenvalue weighted by Crippen LogP contribution is 2.37. The van der Waals surface area contributed by atoms with E-state index in [1.165, 1.54) is 5.56 Å². The highest BCUT2D eigenvalue weighted by atomic mass is 16.5. The molecule has 1 aromatic rings. The molecule has 0 unspecified atom stereocenters. The van der Waals surface area contributed by atoms with E-state index in [1.807, 2.05) is 12.1 Å². The summed E-state index contributed by atoms with van der Waals surface area (Å²) < 4.78 is 5.16. The second kappa shape index (κ2) is 5.91. The highest BCUT2D eigenvalue weighted by Gasteiger charge is 2.21. The van der Waals surface area contributed by atoms with Crippen molar-refractivity contribution in [1.29, 1.82) is 0 Å². The van der Waals surface area contributed by atoms with Crippen LogP contribution in [0.3, 0.4) is 0 Å².